The monoisotopic (exact) mass is 249 g/mol. The summed E-state index contributed by atoms with van der Waals surface area (Å²) in [5.41, 5.74) is 7.37. The molecule has 1 saturated heterocycles. The Labute approximate surface area is 109 Å². The molecule has 2 N–H and O–H groups in total. The average molecular weight is 249 g/mol. The van der Waals surface area contributed by atoms with Gasteiger partial charge in [-0.1, -0.05) is 12.1 Å². The summed E-state index contributed by atoms with van der Waals surface area (Å²) in [6.07, 6.45) is 2.78. The van der Waals surface area contributed by atoms with Gasteiger partial charge in [0.2, 0.25) is 0 Å². The predicted molar refractivity (Wildman–Crippen MR) is 72.7 cm³/mol. The maximum Gasteiger partial charge on any atom is 0.120 e. The van der Waals surface area contributed by atoms with Crippen molar-refractivity contribution in [1.29, 1.82) is 0 Å². The minimum atomic E-state index is -0.0642. The highest BCUT2D eigenvalue weighted by molar-refractivity contribution is 5.31. The first-order valence-electron chi connectivity index (χ1n) is 6.74. The SMILES string of the molecule is CC(C)Oc1cccc(C(N)C2CCC(C)O2)c1. The van der Waals surface area contributed by atoms with Gasteiger partial charge in [0.25, 0.3) is 0 Å². The molecule has 0 saturated carbocycles. The Morgan fingerprint density at radius 2 is 2.11 bits per heavy atom. The predicted octanol–water partition coefficient (Wildman–Crippen LogP) is 3.04. The Balaban J connectivity index is 2.07. The lowest BCUT2D eigenvalue weighted by atomic mass is 10.00. The van der Waals surface area contributed by atoms with Crippen molar-refractivity contribution in [2.45, 2.75) is 58.0 Å². The zero-order chi connectivity index (χ0) is 13.1. The van der Waals surface area contributed by atoms with Crippen LogP contribution in [-0.2, 0) is 4.74 Å². The number of ether oxygens (including phenoxy) is 2. The van der Waals surface area contributed by atoms with Crippen LogP contribution >= 0.6 is 0 Å². The van der Waals surface area contributed by atoms with E-state index >= 15 is 0 Å². The molecule has 0 radical (unpaired) electrons. The third-order valence-electron chi connectivity index (χ3n) is 3.28. The molecular weight excluding hydrogens is 226 g/mol. The van der Waals surface area contributed by atoms with E-state index in [1.807, 2.05) is 38.1 Å². The van der Waals surface area contributed by atoms with Gasteiger partial charge in [0.05, 0.1) is 24.4 Å². The van der Waals surface area contributed by atoms with Gasteiger partial charge in [-0.2, -0.15) is 0 Å². The summed E-state index contributed by atoms with van der Waals surface area (Å²) in [4.78, 5) is 0. The molecule has 1 heterocycles. The van der Waals surface area contributed by atoms with Crippen LogP contribution in [0.2, 0.25) is 0 Å². The molecule has 0 spiro atoms. The fourth-order valence-electron chi connectivity index (χ4n) is 2.38. The van der Waals surface area contributed by atoms with E-state index in [2.05, 4.69) is 6.92 Å². The molecule has 0 amide bonds. The molecule has 3 nitrogen and oxygen atoms in total. The van der Waals surface area contributed by atoms with E-state index in [0.717, 1.165) is 24.2 Å². The van der Waals surface area contributed by atoms with E-state index in [1.54, 1.807) is 0 Å². The van der Waals surface area contributed by atoms with Crippen molar-refractivity contribution in [2.24, 2.45) is 5.73 Å². The van der Waals surface area contributed by atoms with Gasteiger partial charge in [0.1, 0.15) is 5.75 Å². The Morgan fingerprint density at radius 3 is 2.72 bits per heavy atom. The standard InChI is InChI=1S/C15H23NO2/c1-10(2)17-13-6-4-5-12(9-13)15(16)14-8-7-11(3)18-14/h4-6,9-11,14-15H,7-8,16H2,1-3H3. The summed E-state index contributed by atoms with van der Waals surface area (Å²) >= 11 is 0. The van der Waals surface area contributed by atoms with E-state index in [1.165, 1.54) is 0 Å². The lowest BCUT2D eigenvalue weighted by Gasteiger charge is -2.20. The topological polar surface area (TPSA) is 44.5 Å². The van der Waals surface area contributed by atoms with Crippen LogP contribution in [0.5, 0.6) is 5.75 Å². The smallest absolute Gasteiger partial charge is 0.120 e. The highest BCUT2D eigenvalue weighted by atomic mass is 16.5. The number of nitrogens with two attached hydrogens (primary N) is 1. The van der Waals surface area contributed by atoms with Crippen molar-refractivity contribution in [3.8, 4) is 5.75 Å². The van der Waals surface area contributed by atoms with Gasteiger partial charge < -0.3 is 15.2 Å². The van der Waals surface area contributed by atoms with Crippen LogP contribution in [0.1, 0.15) is 45.2 Å². The van der Waals surface area contributed by atoms with Gasteiger partial charge in [-0.3, -0.25) is 0 Å². The summed E-state index contributed by atoms with van der Waals surface area (Å²) in [5.74, 6) is 0.879. The fourth-order valence-corrected chi connectivity index (χ4v) is 2.38. The fraction of sp³-hybridized carbons (Fsp3) is 0.600. The number of hydrogen-bond acceptors (Lipinski definition) is 3. The van der Waals surface area contributed by atoms with E-state index in [9.17, 15) is 0 Å². The Kier molecular flexibility index (Phi) is 4.25. The second-order valence-electron chi connectivity index (χ2n) is 5.33. The average Bonchev–Trinajstić information content (AvgIpc) is 2.74. The molecule has 3 heteroatoms. The normalized spacial score (nSPS) is 25.4. The van der Waals surface area contributed by atoms with Crippen molar-refractivity contribution in [3.63, 3.8) is 0 Å². The van der Waals surface area contributed by atoms with Crippen LogP contribution in [0.4, 0.5) is 0 Å². The molecule has 3 unspecified atom stereocenters. The minimum absolute atomic E-state index is 0.0642. The highest BCUT2D eigenvalue weighted by Crippen LogP contribution is 2.29. The maximum atomic E-state index is 6.28. The van der Waals surface area contributed by atoms with Crippen molar-refractivity contribution >= 4 is 0 Å². The molecule has 1 aliphatic heterocycles. The number of rotatable bonds is 4. The first-order chi connectivity index (χ1) is 8.56. The van der Waals surface area contributed by atoms with Crippen LogP contribution in [0.25, 0.3) is 0 Å². The van der Waals surface area contributed by atoms with Gasteiger partial charge >= 0.3 is 0 Å². The van der Waals surface area contributed by atoms with Crippen LogP contribution in [0.15, 0.2) is 24.3 Å². The van der Waals surface area contributed by atoms with Crippen molar-refractivity contribution in [2.75, 3.05) is 0 Å². The molecule has 0 bridgehead atoms. The second kappa shape index (κ2) is 5.72. The van der Waals surface area contributed by atoms with E-state index in [-0.39, 0.29) is 18.2 Å². The van der Waals surface area contributed by atoms with Gasteiger partial charge in [-0.25, -0.2) is 0 Å². The molecule has 18 heavy (non-hydrogen) atoms. The summed E-state index contributed by atoms with van der Waals surface area (Å²) < 4.78 is 11.5. The minimum Gasteiger partial charge on any atom is -0.491 e. The van der Waals surface area contributed by atoms with E-state index < -0.39 is 0 Å². The van der Waals surface area contributed by atoms with E-state index in [4.69, 9.17) is 15.2 Å². The second-order valence-corrected chi connectivity index (χ2v) is 5.33. The molecule has 3 atom stereocenters. The van der Waals surface area contributed by atoms with Gasteiger partial charge in [-0.15, -0.1) is 0 Å². The molecule has 1 fully saturated rings. The number of hydrogen-bond donors (Lipinski definition) is 1. The largest absolute Gasteiger partial charge is 0.491 e. The molecule has 1 aliphatic rings. The molecule has 0 aliphatic carbocycles. The van der Waals surface area contributed by atoms with Crippen LogP contribution in [-0.4, -0.2) is 18.3 Å². The van der Waals surface area contributed by atoms with Gasteiger partial charge in [0, 0.05) is 0 Å². The first kappa shape index (κ1) is 13.4. The Bertz CT molecular complexity index is 392. The van der Waals surface area contributed by atoms with Crippen molar-refractivity contribution < 1.29 is 9.47 Å². The van der Waals surface area contributed by atoms with Gasteiger partial charge in [0.15, 0.2) is 0 Å². The van der Waals surface area contributed by atoms with Gasteiger partial charge in [-0.05, 0) is 51.3 Å². The molecular formula is C15H23NO2. The first-order valence-corrected chi connectivity index (χ1v) is 6.74. The van der Waals surface area contributed by atoms with Crippen LogP contribution in [0, 0.1) is 0 Å². The summed E-state index contributed by atoms with van der Waals surface area (Å²) in [5, 5.41) is 0. The summed E-state index contributed by atoms with van der Waals surface area (Å²) in [6, 6.07) is 7.96. The van der Waals surface area contributed by atoms with E-state index in [0.29, 0.717) is 6.10 Å². The zero-order valence-corrected chi connectivity index (χ0v) is 11.4. The Hall–Kier alpha value is -1.06. The maximum absolute atomic E-state index is 6.28. The lowest BCUT2D eigenvalue weighted by molar-refractivity contribution is 0.0401. The molecule has 100 valence electrons. The molecule has 0 aromatic heterocycles. The van der Waals surface area contributed by atoms with Crippen molar-refractivity contribution in [1.82, 2.24) is 0 Å². The van der Waals surface area contributed by atoms with Crippen LogP contribution in [0.3, 0.4) is 0 Å². The number of benzene rings is 1. The zero-order valence-electron chi connectivity index (χ0n) is 11.4. The Morgan fingerprint density at radius 1 is 1.33 bits per heavy atom. The molecule has 2 rings (SSSR count). The molecule has 1 aromatic carbocycles. The summed E-state index contributed by atoms with van der Waals surface area (Å²) in [6.45, 7) is 6.15. The third-order valence-corrected chi connectivity index (χ3v) is 3.28. The highest BCUT2D eigenvalue weighted by Gasteiger charge is 2.28. The van der Waals surface area contributed by atoms with Crippen molar-refractivity contribution in [3.05, 3.63) is 29.8 Å². The lowest BCUT2D eigenvalue weighted by Crippen LogP contribution is -2.26. The molecule has 1 aromatic rings. The quantitative estimate of drug-likeness (QED) is 0.892. The third kappa shape index (κ3) is 3.24. The summed E-state index contributed by atoms with van der Waals surface area (Å²) in [7, 11) is 0. The van der Waals surface area contributed by atoms with Crippen LogP contribution < -0.4 is 10.5 Å².